The van der Waals surface area contributed by atoms with E-state index in [2.05, 4.69) is 11.0 Å². The lowest BCUT2D eigenvalue weighted by molar-refractivity contribution is 0.0976. The molecule has 4 nitrogen and oxygen atoms in total. The number of aliphatic hydroxyl groups excluding tert-OH is 1. The van der Waals surface area contributed by atoms with Gasteiger partial charge in [0.2, 0.25) is 0 Å². The largest absolute Gasteiger partial charge is 0.391 e. The number of nitrogens with zero attached hydrogens (tertiary/aromatic N) is 3. The number of benzene rings is 1. The van der Waals surface area contributed by atoms with Gasteiger partial charge in [-0.1, -0.05) is 24.6 Å². The number of hydrogen-bond acceptors (Lipinski definition) is 4. The van der Waals surface area contributed by atoms with E-state index in [4.69, 9.17) is 4.99 Å². The molecular formula is C21H27N3OS. The number of thioether (sulfide) groups is 1. The van der Waals surface area contributed by atoms with Crippen molar-refractivity contribution in [3.05, 3.63) is 28.8 Å². The topological polar surface area (TPSA) is 59.6 Å². The summed E-state index contributed by atoms with van der Waals surface area (Å²) in [7, 11) is 0. The summed E-state index contributed by atoms with van der Waals surface area (Å²) < 4.78 is 0. The van der Waals surface area contributed by atoms with Crippen LogP contribution in [0.4, 0.5) is 5.69 Å². The van der Waals surface area contributed by atoms with Crippen molar-refractivity contribution >= 4 is 22.6 Å². The van der Waals surface area contributed by atoms with Crippen LogP contribution in [-0.2, 0) is 12.8 Å². The summed E-state index contributed by atoms with van der Waals surface area (Å²) in [5.74, 6) is 0.908. The Morgan fingerprint density at radius 3 is 2.62 bits per heavy atom. The van der Waals surface area contributed by atoms with Crippen molar-refractivity contribution in [3.63, 3.8) is 0 Å². The van der Waals surface area contributed by atoms with E-state index in [1.165, 1.54) is 43.2 Å². The highest BCUT2D eigenvalue weighted by atomic mass is 32.2. The van der Waals surface area contributed by atoms with Crippen LogP contribution in [-0.4, -0.2) is 39.1 Å². The summed E-state index contributed by atoms with van der Waals surface area (Å²) in [5.41, 5.74) is 4.34. The number of amidine groups is 1. The van der Waals surface area contributed by atoms with Crippen LogP contribution in [0.1, 0.15) is 62.1 Å². The second kappa shape index (κ2) is 7.62. The standard InChI is InChI=1S/C21H27N3OS/c1-14(25)20-13-26-21(24(20)16-6-2-3-7-16)23-19-11-10-15(12-22)17-8-4-5-9-18(17)19/h10-11,14,16,20,25H,2-9,13H2,1H3/b23-21-/t14-,20+/m1/s1. The molecule has 0 bridgehead atoms. The molecule has 1 aliphatic heterocycles. The third kappa shape index (κ3) is 3.25. The van der Waals surface area contributed by atoms with E-state index in [9.17, 15) is 10.4 Å². The van der Waals surface area contributed by atoms with E-state index >= 15 is 0 Å². The predicted octanol–water partition coefficient (Wildman–Crippen LogP) is 4.17. The molecule has 2 atom stereocenters. The number of nitriles is 1. The Hall–Kier alpha value is -1.51. The zero-order valence-corrected chi connectivity index (χ0v) is 16.3. The average molecular weight is 370 g/mol. The summed E-state index contributed by atoms with van der Waals surface area (Å²) in [4.78, 5) is 7.50. The van der Waals surface area contributed by atoms with Crippen LogP contribution in [0.5, 0.6) is 0 Å². The maximum atomic E-state index is 10.3. The number of aliphatic hydroxyl groups is 1. The number of fused-ring (bicyclic) bond motifs is 1. The predicted molar refractivity (Wildman–Crippen MR) is 107 cm³/mol. The summed E-state index contributed by atoms with van der Waals surface area (Å²) in [6, 6.07) is 7.00. The van der Waals surface area contributed by atoms with Crippen LogP contribution in [0.25, 0.3) is 0 Å². The van der Waals surface area contributed by atoms with Gasteiger partial charge in [-0.15, -0.1) is 0 Å². The maximum absolute atomic E-state index is 10.3. The van der Waals surface area contributed by atoms with Crippen molar-refractivity contribution in [1.29, 1.82) is 5.26 Å². The van der Waals surface area contributed by atoms with Crippen molar-refractivity contribution in [3.8, 4) is 6.07 Å². The normalized spacial score (nSPS) is 26.1. The van der Waals surface area contributed by atoms with Crippen molar-refractivity contribution in [2.24, 2.45) is 4.99 Å². The quantitative estimate of drug-likeness (QED) is 0.869. The highest BCUT2D eigenvalue weighted by Gasteiger charge is 2.39. The van der Waals surface area contributed by atoms with Gasteiger partial charge in [0.25, 0.3) is 0 Å². The molecule has 1 saturated carbocycles. The molecule has 3 aliphatic rings. The minimum atomic E-state index is -0.342. The molecule has 1 heterocycles. The maximum Gasteiger partial charge on any atom is 0.165 e. The van der Waals surface area contributed by atoms with Gasteiger partial charge in [-0.25, -0.2) is 4.99 Å². The Balaban J connectivity index is 1.72. The monoisotopic (exact) mass is 369 g/mol. The first-order chi connectivity index (χ1) is 12.7. The molecule has 26 heavy (non-hydrogen) atoms. The fourth-order valence-electron chi connectivity index (χ4n) is 4.69. The Labute approximate surface area is 160 Å². The Bertz CT molecular complexity index is 746. The average Bonchev–Trinajstić information content (AvgIpc) is 3.31. The van der Waals surface area contributed by atoms with E-state index < -0.39 is 0 Å². The van der Waals surface area contributed by atoms with Crippen LogP contribution in [0, 0.1) is 11.3 Å². The summed E-state index contributed by atoms with van der Waals surface area (Å²) in [6.45, 7) is 1.90. The van der Waals surface area contributed by atoms with E-state index in [1.807, 2.05) is 19.1 Å². The minimum Gasteiger partial charge on any atom is -0.391 e. The lowest BCUT2D eigenvalue weighted by Gasteiger charge is -2.33. The molecule has 2 fully saturated rings. The Morgan fingerprint density at radius 2 is 1.92 bits per heavy atom. The first kappa shape index (κ1) is 17.9. The van der Waals surface area contributed by atoms with Gasteiger partial charge in [0, 0.05) is 11.8 Å². The summed E-state index contributed by atoms with van der Waals surface area (Å²) in [5, 5.41) is 20.8. The summed E-state index contributed by atoms with van der Waals surface area (Å²) in [6.07, 6.45) is 8.96. The van der Waals surface area contributed by atoms with Crippen molar-refractivity contribution in [1.82, 2.24) is 4.90 Å². The molecular weight excluding hydrogens is 342 g/mol. The van der Waals surface area contributed by atoms with Gasteiger partial charge in [-0.3, -0.25) is 0 Å². The van der Waals surface area contributed by atoms with Gasteiger partial charge >= 0.3 is 0 Å². The first-order valence-electron chi connectivity index (χ1n) is 9.92. The van der Waals surface area contributed by atoms with Crippen LogP contribution in [0.15, 0.2) is 17.1 Å². The van der Waals surface area contributed by atoms with E-state index in [1.54, 1.807) is 11.8 Å². The zero-order valence-electron chi connectivity index (χ0n) is 15.4. The third-order valence-corrected chi connectivity index (χ3v) is 7.15. The number of hydrogen-bond donors (Lipinski definition) is 1. The molecule has 1 aromatic carbocycles. The lowest BCUT2D eigenvalue weighted by Crippen LogP contribution is -2.46. The lowest BCUT2D eigenvalue weighted by atomic mass is 9.87. The van der Waals surface area contributed by atoms with Crippen molar-refractivity contribution < 1.29 is 5.11 Å². The molecule has 1 N–H and O–H groups in total. The van der Waals surface area contributed by atoms with Crippen molar-refractivity contribution in [2.75, 3.05) is 5.75 Å². The molecule has 0 spiro atoms. The molecule has 1 aromatic rings. The second-order valence-electron chi connectivity index (χ2n) is 7.77. The fraction of sp³-hybridized carbons (Fsp3) is 0.619. The molecule has 0 aromatic heterocycles. The fourth-order valence-corrected chi connectivity index (χ4v) is 6.04. The molecule has 2 aliphatic carbocycles. The molecule has 0 radical (unpaired) electrons. The van der Waals surface area contributed by atoms with Crippen LogP contribution in [0.3, 0.4) is 0 Å². The smallest absolute Gasteiger partial charge is 0.165 e. The molecule has 138 valence electrons. The van der Waals surface area contributed by atoms with E-state index in [-0.39, 0.29) is 12.1 Å². The van der Waals surface area contributed by atoms with Crippen LogP contribution < -0.4 is 0 Å². The molecule has 5 heteroatoms. The zero-order chi connectivity index (χ0) is 18.1. The minimum absolute atomic E-state index is 0.163. The number of aliphatic imine (C=N–C) groups is 1. The molecule has 0 amide bonds. The van der Waals surface area contributed by atoms with Gasteiger partial charge in [0.05, 0.1) is 29.5 Å². The third-order valence-electron chi connectivity index (χ3n) is 6.08. The van der Waals surface area contributed by atoms with Gasteiger partial charge < -0.3 is 10.0 Å². The van der Waals surface area contributed by atoms with Gasteiger partial charge in [0.15, 0.2) is 5.17 Å². The van der Waals surface area contributed by atoms with Crippen molar-refractivity contribution in [2.45, 2.75) is 76.5 Å². The second-order valence-corrected chi connectivity index (χ2v) is 8.75. The number of rotatable bonds is 3. The van der Waals surface area contributed by atoms with E-state index in [0.29, 0.717) is 6.04 Å². The molecule has 0 unspecified atom stereocenters. The summed E-state index contributed by atoms with van der Waals surface area (Å²) >= 11 is 1.78. The van der Waals surface area contributed by atoms with E-state index in [0.717, 1.165) is 41.4 Å². The Morgan fingerprint density at radius 1 is 1.19 bits per heavy atom. The van der Waals surface area contributed by atoms with Gasteiger partial charge in [-0.05, 0) is 68.7 Å². The van der Waals surface area contributed by atoms with Crippen LogP contribution >= 0.6 is 11.8 Å². The highest BCUT2D eigenvalue weighted by Crippen LogP contribution is 2.38. The Kier molecular flexibility index (Phi) is 5.24. The van der Waals surface area contributed by atoms with Crippen LogP contribution in [0.2, 0.25) is 0 Å². The first-order valence-corrected chi connectivity index (χ1v) is 10.9. The van der Waals surface area contributed by atoms with Gasteiger partial charge in [0.1, 0.15) is 0 Å². The molecule has 1 saturated heterocycles. The van der Waals surface area contributed by atoms with Gasteiger partial charge in [-0.2, -0.15) is 5.26 Å². The molecule has 4 rings (SSSR count). The highest BCUT2D eigenvalue weighted by molar-refractivity contribution is 8.14. The SMILES string of the molecule is C[C@@H](O)[C@@H]1CS/C(=N\c2ccc(C#N)c3c2CCCC3)N1C1CCCC1.